The molecule has 25 heavy (non-hydrogen) atoms. The highest BCUT2D eigenvalue weighted by Crippen LogP contribution is 2.32. The van der Waals surface area contributed by atoms with Crippen molar-refractivity contribution in [2.45, 2.75) is 31.2 Å². The zero-order valence-corrected chi connectivity index (χ0v) is 14.2. The minimum Gasteiger partial charge on any atom is -0.394 e. The fourth-order valence-electron chi connectivity index (χ4n) is 4.00. The monoisotopic (exact) mass is 342 g/mol. The van der Waals surface area contributed by atoms with Crippen molar-refractivity contribution >= 4 is 11.6 Å². The number of nitrogens with zero attached hydrogens (tertiary/aromatic N) is 4. The zero-order chi connectivity index (χ0) is 17.2. The van der Waals surface area contributed by atoms with Gasteiger partial charge in [-0.1, -0.05) is 12.1 Å². The fraction of sp³-hybridized carbons (Fsp3) is 0.474. The highest BCUT2D eigenvalue weighted by atomic mass is 19.1. The summed E-state index contributed by atoms with van der Waals surface area (Å²) in [6.07, 6.45) is 4.68. The second-order valence-electron chi connectivity index (χ2n) is 6.89. The fourth-order valence-corrected chi connectivity index (χ4v) is 4.00. The maximum Gasteiger partial charge on any atom is 0.134 e. The number of anilines is 2. The van der Waals surface area contributed by atoms with E-state index >= 15 is 0 Å². The smallest absolute Gasteiger partial charge is 0.134 e. The Kier molecular flexibility index (Phi) is 4.53. The summed E-state index contributed by atoms with van der Waals surface area (Å²) >= 11 is 0. The summed E-state index contributed by atoms with van der Waals surface area (Å²) in [5, 5.41) is 9.54. The molecule has 132 valence electrons. The van der Waals surface area contributed by atoms with Crippen molar-refractivity contribution < 1.29 is 9.50 Å². The van der Waals surface area contributed by atoms with Crippen LogP contribution in [-0.2, 0) is 0 Å². The molecule has 2 aliphatic rings. The molecule has 1 N–H and O–H groups in total. The van der Waals surface area contributed by atoms with Crippen LogP contribution in [0.25, 0.3) is 0 Å². The Morgan fingerprint density at radius 2 is 2.00 bits per heavy atom. The summed E-state index contributed by atoms with van der Waals surface area (Å²) in [6, 6.07) is 9.07. The van der Waals surface area contributed by atoms with Crippen LogP contribution in [0.1, 0.15) is 30.7 Å². The average molecular weight is 342 g/mol. The topological polar surface area (TPSA) is 52.5 Å². The average Bonchev–Trinajstić information content (AvgIpc) is 3.31. The first kappa shape index (κ1) is 16.3. The van der Waals surface area contributed by atoms with E-state index in [0.29, 0.717) is 5.92 Å². The second kappa shape index (κ2) is 6.96. The molecular weight excluding hydrogens is 319 g/mol. The molecule has 5 nitrogen and oxygen atoms in total. The number of rotatable bonds is 4. The van der Waals surface area contributed by atoms with Crippen LogP contribution >= 0.6 is 0 Å². The molecule has 0 bridgehead atoms. The van der Waals surface area contributed by atoms with Crippen LogP contribution < -0.4 is 9.80 Å². The van der Waals surface area contributed by atoms with Crippen LogP contribution in [0.15, 0.2) is 36.7 Å². The maximum atomic E-state index is 13.5. The van der Waals surface area contributed by atoms with Gasteiger partial charge in [0.15, 0.2) is 0 Å². The molecule has 1 aromatic carbocycles. The molecule has 2 saturated heterocycles. The summed E-state index contributed by atoms with van der Waals surface area (Å²) in [7, 11) is 0. The van der Waals surface area contributed by atoms with Gasteiger partial charge in [-0.25, -0.2) is 14.4 Å². The van der Waals surface area contributed by atoms with Crippen molar-refractivity contribution in [3.05, 3.63) is 48.0 Å². The van der Waals surface area contributed by atoms with E-state index in [-0.39, 0.29) is 18.5 Å². The lowest BCUT2D eigenvalue weighted by Crippen LogP contribution is -2.33. The maximum absolute atomic E-state index is 13.5. The van der Waals surface area contributed by atoms with Gasteiger partial charge in [0.2, 0.25) is 0 Å². The summed E-state index contributed by atoms with van der Waals surface area (Å²) in [5.74, 6) is 1.94. The van der Waals surface area contributed by atoms with E-state index in [2.05, 4.69) is 19.8 Å². The quantitative estimate of drug-likeness (QED) is 0.925. The lowest BCUT2D eigenvalue weighted by atomic mass is 9.98. The second-order valence-corrected chi connectivity index (χ2v) is 6.89. The number of hydrogen-bond acceptors (Lipinski definition) is 5. The van der Waals surface area contributed by atoms with E-state index in [1.165, 1.54) is 6.07 Å². The molecule has 6 heteroatoms. The van der Waals surface area contributed by atoms with Crippen LogP contribution in [-0.4, -0.2) is 47.4 Å². The molecular formula is C19H23FN4O. The molecule has 2 aromatic rings. The van der Waals surface area contributed by atoms with Gasteiger partial charge >= 0.3 is 0 Å². The zero-order valence-electron chi connectivity index (χ0n) is 14.2. The lowest BCUT2D eigenvalue weighted by molar-refractivity contribution is 0.266. The van der Waals surface area contributed by atoms with Gasteiger partial charge < -0.3 is 14.9 Å². The molecule has 3 heterocycles. The van der Waals surface area contributed by atoms with Gasteiger partial charge in [-0.3, -0.25) is 0 Å². The van der Waals surface area contributed by atoms with Gasteiger partial charge in [-0.2, -0.15) is 0 Å². The molecule has 2 fully saturated rings. The Hall–Kier alpha value is -2.21. The SMILES string of the molecule is OC[C@H]1CCCN1c1cc(N2CC[C@H](c3cccc(F)c3)C2)ncn1. The molecule has 4 rings (SSSR count). The normalized spacial score (nSPS) is 23.4. The Bertz CT molecular complexity index is 741. The van der Waals surface area contributed by atoms with Crippen LogP contribution in [0.2, 0.25) is 0 Å². The standard InChI is InChI=1S/C19H23FN4O/c20-16-4-1-3-14(9-16)15-6-8-23(11-15)18-10-19(22-13-21-18)24-7-2-5-17(24)12-25/h1,3-4,9-10,13,15,17,25H,2,5-8,11-12H2/t15-,17+/m0/s1. The highest BCUT2D eigenvalue weighted by Gasteiger charge is 2.28. The van der Waals surface area contributed by atoms with Crippen molar-refractivity contribution in [2.75, 3.05) is 36.0 Å². The van der Waals surface area contributed by atoms with Gasteiger partial charge in [-0.15, -0.1) is 0 Å². The van der Waals surface area contributed by atoms with Crippen molar-refractivity contribution in [3.8, 4) is 0 Å². The van der Waals surface area contributed by atoms with E-state index < -0.39 is 0 Å². The van der Waals surface area contributed by atoms with Crippen molar-refractivity contribution in [3.63, 3.8) is 0 Å². The Balaban J connectivity index is 1.50. The third-order valence-electron chi connectivity index (χ3n) is 5.35. The number of aromatic nitrogens is 2. The van der Waals surface area contributed by atoms with Crippen molar-refractivity contribution in [2.24, 2.45) is 0 Å². The van der Waals surface area contributed by atoms with Gasteiger partial charge in [0.05, 0.1) is 12.6 Å². The highest BCUT2D eigenvalue weighted by molar-refractivity contribution is 5.52. The third-order valence-corrected chi connectivity index (χ3v) is 5.35. The number of halogens is 1. The molecule has 0 spiro atoms. The molecule has 0 aliphatic carbocycles. The first-order valence-corrected chi connectivity index (χ1v) is 8.94. The molecule has 2 aliphatic heterocycles. The van der Waals surface area contributed by atoms with E-state index in [9.17, 15) is 9.50 Å². The first-order valence-electron chi connectivity index (χ1n) is 8.94. The van der Waals surface area contributed by atoms with Gasteiger partial charge in [0.1, 0.15) is 23.8 Å². The Labute approximate surface area is 147 Å². The van der Waals surface area contributed by atoms with E-state index in [1.54, 1.807) is 18.5 Å². The summed E-state index contributed by atoms with van der Waals surface area (Å²) in [4.78, 5) is 13.3. The molecule has 1 aromatic heterocycles. The van der Waals surface area contributed by atoms with E-state index in [1.807, 2.05) is 12.1 Å². The van der Waals surface area contributed by atoms with Crippen LogP contribution in [0, 0.1) is 5.82 Å². The van der Waals surface area contributed by atoms with Crippen molar-refractivity contribution in [1.82, 2.24) is 9.97 Å². The van der Waals surface area contributed by atoms with Crippen LogP contribution in [0.4, 0.5) is 16.0 Å². The van der Waals surface area contributed by atoms with Gasteiger partial charge in [0, 0.05) is 31.6 Å². The Morgan fingerprint density at radius 1 is 1.12 bits per heavy atom. The number of benzene rings is 1. The van der Waals surface area contributed by atoms with Crippen LogP contribution in [0.3, 0.4) is 0 Å². The van der Waals surface area contributed by atoms with Crippen molar-refractivity contribution in [1.29, 1.82) is 0 Å². The molecule has 0 unspecified atom stereocenters. The minimum atomic E-state index is -0.177. The van der Waals surface area contributed by atoms with Crippen LogP contribution in [0.5, 0.6) is 0 Å². The third kappa shape index (κ3) is 3.31. The summed E-state index contributed by atoms with van der Waals surface area (Å²) in [6.45, 7) is 2.82. The predicted octanol–water partition coefficient (Wildman–Crippen LogP) is 2.57. The lowest BCUT2D eigenvalue weighted by Gasteiger charge is -2.25. The predicted molar refractivity (Wildman–Crippen MR) is 95.5 cm³/mol. The number of aliphatic hydroxyl groups excluding tert-OH is 1. The molecule has 0 amide bonds. The van der Waals surface area contributed by atoms with E-state index in [4.69, 9.17) is 0 Å². The summed E-state index contributed by atoms with van der Waals surface area (Å²) in [5.41, 5.74) is 1.05. The molecule has 0 saturated carbocycles. The molecule has 2 atom stereocenters. The van der Waals surface area contributed by atoms with Gasteiger partial charge in [-0.05, 0) is 37.0 Å². The first-order chi connectivity index (χ1) is 12.2. The number of aliphatic hydroxyl groups is 1. The number of hydrogen-bond donors (Lipinski definition) is 1. The largest absolute Gasteiger partial charge is 0.394 e. The van der Waals surface area contributed by atoms with E-state index in [0.717, 1.165) is 56.1 Å². The molecule has 0 radical (unpaired) electrons. The minimum absolute atomic E-state index is 0.154. The Morgan fingerprint density at radius 3 is 2.84 bits per heavy atom. The van der Waals surface area contributed by atoms with Gasteiger partial charge in [0.25, 0.3) is 0 Å². The summed E-state index contributed by atoms with van der Waals surface area (Å²) < 4.78 is 13.5.